The van der Waals surface area contributed by atoms with Crippen molar-refractivity contribution in [1.29, 1.82) is 0 Å². The van der Waals surface area contributed by atoms with Crippen molar-refractivity contribution in [1.82, 2.24) is 0 Å². The fourth-order valence-electron chi connectivity index (χ4n) is 0.365. The Morgan fingerprint density at radius 2 is 2.00 bits per heavy atom. The number of hydrogen-bond acceptors (Lipinski definition) is 4. The molecular formula is C5H12O4Si. The molecule has 0 rings (SSSR count). The highest BCUT2D eigenvalue weighted by atomic mass is 28.4. The van der Waals surface area contributed by atoms with Gasteiger partial charge in [-0.15, -0.1) is 6.58 Å². The van der Waals surface area contributed by atoms with Crippen molar-refractivity contribution >= 4 is 9.05 Å². The molecule has 0 unspecified atom stereocenters. The summed E-state index contributed by atoms with van der Waals surface area (Å²) in [7, 11) is -0.625. The first-order valence-corrected chi connectivity index (χ1v) is 4.43. The summed E-state index contributed by atoms with van der Waals surface area (Å²) in [4.78, 5) is 9.18. The zero-order chi connectivity index (χ0) is 8.04. The van der Waals surface area contributed by atoms with E-state index in [1.165, 1.54) is 20.3 Å². The van der Waals surface area contributed by atoms with Gasteiger partial charge in [0.25, 0.3) is 0 Å². The minimum Gasteiger partial charge on any atom is -0.367 e. The molecule has 0 heterocycles. The summed E-state index contributed by atoms with van der Waals surface area (Å²) in [6, 6.07) is 0. The molecule has 0 amide bonds. The third-order valence-corrected chi connectivity index (χ3v) is 2.46. The van der Waals surface area contributed by atoms with Gasteiger partial charge in [0.15, 0.2) is 0 Å². The molecule has 0 bridgehead atoms. The van der Waals surface area contributed by atoms with Crippen LogP contribution in [0.2, 0.25) is 0 Å². The maximum absolute atomic E-state index is 9.18. The van der Waals surface area contributed by atoms with Crippen molar-refractivity contribution in [2.45, 2.75) is 0 Å². The van der Waals surface area contributed by atoms with Crippen LogP contribution in [0, 0.1) is 0 Å². The van der Waals surface area contributed by atoms with E-state index in [2.05, 4.69) is 15.4 Å². The van der Waals surface area contributed by atoms with E-state index in [4.69, 9.17) is 4.43 Å². The second-order valence-electron chi connectivity index (χ2n) is 1.53. The molecule has 0 spiro atoms. The average molecular weight is 164 g/mol. The van der Waals surface area contributed by atoms with E-state index in [9.17, 15) is 4.80 Å². The first-order chi connectivity index (χ1) is 4.68. The van der Waals surface area contributed by atoms with Crippen molar-refractivity contribution in [2.75, 3.05) is 20.8 Å². The zero-order valence-corrected chi connectivity index (χ0v) is 7.16. The van der Waals surface area contributed by atoms with Gasteiger partial charge in [0, 0.05) is 14.2 Å². The molecular weight excluding hydrogens is 152 g/mol. The number of hydrogen-bond donors (Lipinski definition) is 1. The van der Waals surface area contributed by atoms with Gasteiger partial charge >= 0.3 is 9.05 Å². The second-order valence-corrected chi connectivity index (χ2v) is 3.68. The summed E-state index contributed by atoms with van der Waals surface area (Å²) >= 11 is 0. The first-order valence-electron chi connectivity index (χ1n) is 2.76. The lowest BCUT2D eigenvalue weighted by Gasteiger charge is -2.17. The van der Waals surface area contributed by atoms with Gasteiger partial charge in [-0.05, 0) is 0 Å². The van der Waals surface area contributed by atoms with E-state index < -0.39 is 9.05 Å². The SMILES string of the molecule is C=CCO[Si](O)(OC)OC. The summed E-state index contributed by atoms with van der Waals surface area (Å²) in [5.41, 5.74) is 0. The normalized spacial score (nSPS) is 11.5. The van der Waals surface area contributed by atoms with Crippen molar-refractivity contribution in [2.24, 2.45) is 0 Å². The molecule has 0 aromatic rings. The van der Waals surface area contributed by atoms with E-state index in [0.29, 0.717) is 0 Å². The molecule has 0 aliphatic rings. The highest BCUT2D eigenvalue weighted by Gasteiger charge is 2.37. The molecule has 0 radical (unpaired) electrons. The van der Waals surface area contributed by atoms with Crippen LogP contribution in [0.5, 0.6) is 0 Å². The fraction of sp³-hybridized carbons (Fsp3) is 0.600. The summed E-state index contributed by atoms with van der Waals surface area (Å²) < 4.78 is 14.0. The molecule has 0 aromatic carbocycles. The smallest absolute Gasteiger partial charge is 0.367 e. The molecule has 0 fully saturated rings. The first kappa shape index (κ1) is 9.80. The highest BCUT2D eigenvalue weighted by molar-refractivity contribution is 6.51. The molecule has 4 nitrogen and oxygen atoms in total. The summed E-state index contributed by atoms with van der Waals surface area (Å²) in [6.45, 7) is 3.63. The maximum atomic E-state index is 9.18. The van der Waals surface area contributed by atoms with E-state index in [0.717, 1.165) is 0 Å². The van der Waals surface area contributed by atoms with Gasteiger partial charge in [-0.25, -0.2) is 0 Å². The van der Waals surface area contributed by atoms with Crippen LogP contribution in [0.25, 0.3) is 0 Å². The van der Waals surface area contributed by atoms with E-state index >= 15 is 0 Å². The van der Waals surface area contributed by atoms with Crippen LogP contribution in [-0.4, -0.2) is 34.7 Å². The molecule has 0 aromatic heterocycles. The topological polar surface area (TPSA) is 47.9 Å². The van der Waals surface area contributed by atoms with Gasteiger partial charge in [-0.2, -0.15) is 0 Å². The summed E-state index contributed by atoms with van der Waals surface area (Å²) in [5.74, 6) is 0. The Morgan fingerprint density at radius 1 is 1.50 bits per heavy atom. The number of rotatable bonds is 5. The van der Waals surface area contributed by atoms with Crippen LogP contribution in [0.15, 0.2) is 12.7 Å². The predicted molar refractivity (Wildman–Crippen MR) is 38.1 cm³/mol. The van der Waals surface area contributed by atoms with E-state index in [1.54, 1.807) is 0 Å². The van der Waals surface area contributed by atoms with Gasteiger partial charge in [0.2, 0.25) is 0 Å². The minimum atomic E-state index is -3.29. The van der Waals surface area contributed by atoms with Crippen LogP contribution in [0.1, 0.15) is 0 Å². The van der Waals surface area contributed by atoms with Crippen LogP contribution < -0.4 is 0 Å². The van der Waals surface area contributed by atoms with Gasteiger partial charge in [0.1, 0.15) is 0 Å². The van der Waals surface area contributed by atoms with Crippen LogP contribution in [-0.2, 0) is 13.3 Å². The molecule has 0 aliphatic heterocycles. The molecule has 5 heteroatoms. The fourth-order valence-corrected chi connectivity index (χ4v) is 1.10. The molecule has 0 aliphatic carbocycles. The maximum Gasteiger partial charge on any atom is 0.676 e. The molecule has 60 valence electrons. The highest BCUT2D eigenvalue weighted by Crippen LogP contribution is 2.00. The lowest BCUT2D eigenvalue weighted by atomic mass is 10.7. The Kier molecular flexibility index (Phi) is 4.49. The van der Waals surface area contributed by atoms with Gasteiger partial charge in [-0.3, -0.25) is 0 Å². The molecule has 1 N–H and O–H groups in total. The van der Waals surface area contributed by atoms with Gasteiger partial charge < -0.3 is 18.1 Å². The molecule has 0 atom stereocenters. The Balaban J connectivity index is 3.68. The third-order valence-electron chi connectivity index (χ3n) is 0.899. The lowest BCUT2D eigenvalue weighted by molar-refractivity contribution is 0.0316. The average Bonchev–Trinajstić information content (AvgIpc) is 2.00. The van der Waals surface area contributed by atoms with Crippen LogP contribution >= 0.6 is 0 Å². The predicted octanol–water partition coefficient (Wildman–Crippen LogP) is -0.0903. The Hall–Kier alpha value is -0.203. The Bertz CT molecular complexity index is 102. The van der Waals surface area contributed by atoms with Crippen molar-refractivity contribution < 1.29 is 18.1 Å². The van der Waals surface area contributed by atoms with Gasteiger partial charge in [-0.1, -0.05) is 6.08 Å². The second kappa shape index (κ2) is 4.59. The molecule has 0 saturated carbocycles. The van der Waals surface area contributed by atoms with Gasteiger partial charge in [0.05, 0.1) is 6.61 Å². The van der Waals surface area contributed by atoms with Crippen molar-refractivity contribution in [3.8, 4) is 0 Å². The molecule has 10 heavy (non-hydrogen) atoms. The lowest BCUT2D eigenvalue weighted by Crippen LogP contribution is -2.44. The third kappa shape index (κ3) is 3.09. The zero-order valence-electron chi connectivity index (χ0n) is 6.16. The quantitative estimate of drug-likeness (QED) is 0.455. The Morgan fingerprint density at radius 3 is 2.30 bits per heavy atom. The molecule has 0 saturated heterocycles. The van der Waals surface area contributed by atoms with E-state index in [1.807, 2.05) is 0 Å². The Labute approximate surface area is 61.5 Å². The van der Waals surface area contributed by atoms with Crippen LogP contribution in [0.4, 0.5) is 0 Å². The summed E-state index contributed by atoms with van der Waals surface area (Å²) in [6.07, 6.45) is 1.51. The van der Waals surface area contributed by atoms with E-state index in [-0.39, 0.29) is 6.61 Å². The van der Waals surface area contributed by atoms with Crippen molar-refractivity contribution in [3.63, 3.8) is 0 Å². The standard InChI is InChI=1S/C5H12O4Si/c1-4-5-9-10(6,7-2)8-3/h4,6H,1,5H2,2-3H3. The largest absolute Gasteiger partial charge is 0.676 e. The summed E-state index contributed by atoms with van der Waals surface area (Å²) in [5, 5.41) is 0. The van der Waals surface area contributed by atoms with Crippen LogP contribution in [0.3, 0.4) is 0 Å². The van der Waals surface area contributed by atoms with Crippen molar-refractivity contribution in [3.05, 3.63) is 12.7 Å². The minimum absolute atomic E-state index is 0.227. The monoisotopic (exact) mass is 164 g/mol.